The summed E-state index contributed by atoms with van der Waals surface area (Å²) in [5, 5.41) is 2.21. The third kappa shape index (κ3) is 3.84. The number of rotatable bonds is 3. The van der Waals surface area contributed by atoms with Gasteiger partial charge in [0.15, 0.2) is 0 Å². The van der Waals surface area contributed by atoms with Crippen LogP contribution < -0.4 is 11.1 Å². The van der Waals surface area contributed by atoms with E-state index in [0.717, 1.165) is 6.07 Å². The maximum absolute atomic E-state index is 14.0. The monoisotopic (exact) mass is 305 g/mol. The molecule has 1 aliphatic rings. The third-order valence-electron chi connectivity index (χ3n) is 3.06. The SMILES string of the molecule is C[C@@]1(c2cc(NCC(F)(F)F)ccc2F)COCC(N)=N1. The normalized spacial score (nSPS) is 22.8. The van der Waals surface area contributed by atoms with Crippen LogP contribution in [-0.2, 0) is 10.3 Å². The van der Waals surface area contributed by atoms with E-state index in [1.165, 1.54) is 12.1 Å². The summed E-state index contributed by atoms with van der Waals surface area (Å²) >= 11 is 0. The predicted molar refractivity (Wildman–Crippen MR) is 70.7 cm³/mol. The Hall–Kier alpha value is -1.83. The van der Waals surface area contributed by atoms with Gasteiger partial charge in [-0.15, -0.1) is 0 Å². The summed E-state index contributed by atoms with van der Waals surface area (Å²) in [5.41, 5.74) is 4.83. The van der Waals surface area contributed by atoms with Crippen LogP contribution in [0.15, 0.2) is 23.2 Å². The number of amidine groups is 1. The van der Waals surface area contributed by atoms with Crippen molar-refractivity contribution in [2.24, 2.45) is 10.7 Å². The Morgan fingerprint density at radius 3 is 2.76 bits per heavy atom. The zero-order valence-electron chi connectivity index (χ0n) is 11.3. The molecule has 0 spiro atoms. The van der Waals surface area contributed by atoms with Crippen molar-refractivity contribution in [2.45, 2.75) is 18.6 Å². The molecule has 0 aromatic heterocycles. The van der Waals surface area contributed by atoms with E-state index in [2.05, 4.69) is 10.3 Å². The average Bonchev–Trinajstić information content (AvgIpc) is 2.36. The number of hydrogen-bond acceptors (Lipinski definition) is 4. The second kappa shape index (κ2) is 5.51. The van der Waals surface area contributed by atoms with Gasteiger partial charge in [0, 0.05) is 11.3 Å². The summed E-state index contributed by atoms with van der Waals surface area (Å²) in [7, 11) is 0. The highest BCUT2D eigenvalue weighted by Crippen LogP contribution is 2.32. The highest BCUT2D eigenvalue weighted by molar-refractivity contribution is 5.82. The van der Waals surface area contributed by atoms with Gasteiger partial charge in [-0.2, -0.15) is 13.2 Å². The average molecular weight is 305 g/mol. The van der Waals surface area contributed by atoms with E-state index in [4.69, 9.17) is 10.5 Å². The van der Waals surface area contributed by atoms with Crippen LogP contribution in [0.2, 0.25) is 0 Å². The number of hydrogen-bond donors (Lipinski definition) is 2. The molecule has 0 aliphatic carbocycles. The fraction of sp³-hybridized carbons (Fsp3) is 0.462. The number of nitrogens with one attached hydrogen (secondary N) is 1. The summed E-state index contributed by atoms with van der Waals surface area (Å²) in [6, 6.07) is 3.64. The molecule has 0 radical (unpaired) electrons. The second-order valence-electron chi connectivity index (χ2n) is 5.03. The van der Waals surface area contributed by atoms with Crippen LogP contribution in [0.5, 0.6) is 0 Å². The number of halogens is 4. The van der Waals surface area contributed by atoms with Gasteiger partial charge in [-0.05, 0) is 25.1 Å². The van der Waals surface area contributed by atoms with Gasteiger partial charge in [0.1, 0.15) is 30.3 Å². The fourth-order valence-corrected chi connectivity index (χ4v) is 2.12. The summed E-state index contributed by atoms with van der Waals surface area (Å²) in [5.74, 6) is -0.353. The second-order valence-corrected chi connectivity index (χ2v) is 5.03. The first-order valence-corrected chi connectivity index (χ1v) is 6.22. The van der Waals surface area contributed by atoms with Gasteiger partial charge in [0.2, 0.25) is 0 Å². The molecule has 116 valence electrons. The van der Waals surface area contributed by atoms with Crippen molar-refractivity contribution in [2.75, 3.05) is 25.1 Å². The van der Waals surface area contributed by atoms with Crippen LogP contribution in [0.1, 0.15) is 12.5 Å². The Morgan fingerprint density at radius 1 is 1.43 bits per heavy atom. The summed E-state index contributed by atoms with van der Waals surface area (Å²) in [6.07, 6.45) is -4.35. The van der Waals surface area contributed by atoms with Crippen LogP contribution in [0.4, 0.5) is 23.2 Å². The van der Waals surface area contributed by atoms with Crippen LogP contribution in [-0.4, -0.2) is 31.8 Å². The van der Waals surface area contributed by atoms with E-state index in [1.54, 1.807) is 6.92 Å². The van der Waals surface area contributed by atoms with Gasteiger partial charge < -0.3 is 15.8 Å². The molecule has 0 saturated heterocycles. The van der Waals surface area contributed by atoms with Crippen LogP contribution >= 0.6 is 0 Å². The molecule has 2 rings (SSSR count). The lowest BCUT2D eigenvalue weighted by molar-refractivity contribution is -0.115. The molecule has 0 bridgehead atoms. The lowest BCUT2D eigenvalue weighted by atomic mass is 9.92. The third-order valence-corrected chi connectivity index (χ3v) is 3.06. The van der Waals surface area contributed by atoms with E-state index >= 15 is 0 Å². The standard InChI is InChI=1S/C13H15F4N3O/c1-12(7-21-5-11(18)20-12)9-4-8(2-3-10(9)14)19-6-13(15,16)17/h2-4,19H,5-7H2,1H3,(H2,18,20)/t12-/m0/s1. The molecule has 1 heterocycles. The van der Waals surface area contributed by atoms with Crippen molar-refractivity contribution >= 4 is 11.5 Å². The molecule has 0 saturated carbocycles. The molecular formula is C13H15F4N3O. The number of aliphatic imine (C=N–C) groups is 1. The summed E-state index contributed by atoms with van der Waals surface area (Å²) in [6.45, 7) is 0.679. The van der Waals surface area contributed by atoms with Crippen molar-refractivity contribution in [3.8, 4) is 0 Å². The lowest BCUT2D eigenvalue weighted by Crippen LogP contribution is -2.38. The van der Waals surface area contributed by atoms with Crippen molar-refractivity contribution in [1.82, 2.24) is 0 Å². The number of ether oxygens (including phenoxy) is 1. The van der Waals surface area contributed by atoms with Gasteiger partial charge in [-0.1, -0.05) is 0 Å². The number of alkyl halides is 3. The molecular weight excluding hydrogens is 290 g/mol. The maximum atomic E-state index is 14.0. The first-order chi connectivity index (χ1) is 9.70. The van der Waals surface area contributed by atoms with Crippen molar-refractivity contribution in [3.05, 3.63) is 29.6 Å². The highest BCUT2D eigenvalue weighted by atomic mass is 19.4. The summed E-state index contributed by atoms with van der Waals surface area (Å²) < 4.78 is 55.8. The van der Waals surface area contributed by atoms with Gasteiger partial charge in [0.05, 0.1) is 6.61 Å². The largest absolute Gasteiger partial charge is 0.405 e. The van der Waals surface area contributed by atoms with E-state index in [1.807, 2.05) is 0 Å². The molecule has 1 aliphatic heterocycles. The quantitative estimate of drug-likeness (QED) is 0.843. The minimum atomic E-state index is -4.35. The van der Waals surface area contributed by atoms with E-state index in [0.29, 0.717) is 0 Å². The number of nitrogens with zero attached hydrogens (tertiary/aromatic N) is 1. The van der Waals surface area contributed by atoms with Crippen LogP contribution in [0.25, 0.3) is 0 Å². The lowest BCUT2D eigenvalue weighted by Gasteiger charge is -2.30. The maximum Gasteiger partial charge on any atom is 0.405 e. The Morgan fingerprint density at radius 2 is 2.14 bits per heavy atom. The Labute approximate surface area is 119 Å². The van der Waals surface area contributed by atoms with Crippen LogP contribution in [0.3, 0.4) is 0 Å². The Balaban J connectivity index is 2.29. The fourth-order valence-electron chi connectivity index (χ4n) is 2.12. The smallest absolute Gasteiger partial charge is 0.386 e. The molecule has 0 unspecified atom stereocenters. The first-order valence-electron chi connectivity index (χ1n) is 6.22. The molecule has 0 fully saturated rings. The molecule has 8 heteroatoms. The minimum Gasteiger partial charge on any atom is -0.386 e. The van der Waals surface area contributed by atoms with Gasteiger partial charge in [-0.3, -0.25) is 4.99 Å². The zero-order valence-corrected chi connectivity index (χ0v) is 11.3. The van der Waals surface area contributed by atoms with Crippen molar-refractivity contribution in [3.63, 3.8) is 0 Å². The molecule has 1 aromatic rings. The number of benzene rings is 1. The molecule has 0 amide bonds. The van der Waals surface area contributed by atoms with Gasteiger partial charge in [-0.25, -0.2) is 4.39 Å². The van der Waals surface area contributed by atoms with Gasteiger partial charge >= 0.3 is 6.18 Å². The number of nitrogens with two attached hydrogens (primary N) is 1. The predicted octanol–water partition coefficient (Wildman–Crippen LogP) is 2.40. The summed E-state index contributed by atoms with van der Waals surface area (Å²) in [4.78, 5) is 4.17. The zero-order chi connectivity index (χ0) is 15.7. The van der Waals surface area contributed by atoms with Gasteiger partial charge in [0.25, 0.3) is 0 Å². The van der Waals surface area contributed by atoms with E-state index in [9.17, 15) is 17.6 Å². The number of anilines is 1. The molecule has 3 N–H and O–H groups in total. The molecule has 21 heavy (non-hydrogen) atoms. The van der Waals surface area contributed by atoms with Crippen molar-refractivity contribution < 1.29 is 22.3 Å². The first kappa shape index (κ1) is 15.6. The minimum absolute atomic E-state index is 0.105. The van der Waals surface area contributed by atoms with E-state index in [-0.39, 0.29) is 30.3 Å². The highest BCUT2D eigenvalue weighted by Gasteiger charge is 2.33. The van der Waals surface area contributed by atoms with Crippen molar-refractivity contribution in [1.29, 1.82) is 0 Å². The topological polar surface area (TPSA) is 59.6 Å². The Kier molecular flexibility index (Phi) is 4.08. The van der Waals surface area contributed by atoms with Crippen LogP contribution in [0, 0.1) is 5.82 Å². The molecule has 4 nitrogen and oxygen atoms in total. The Bertz CT molecular complexity index is 559. The molecule has 1 atom stereocenters. The molecule has 1 aromatic carbocycles. The van der Waals surface area contributed by atoms with E-state index < -0.39 is 24.1 Å².